The van der Waals surface area contributed by atoms with E-state index < -0.39 is 11.6 Å². The molecule has 1 aliphatic rings. The van der Waals surface area contributed by atoms with Crippen molar-refractivity contribution >= 4 is 5.97 Å². The van der Waals surface area contributed by atoms with Gasteiger partial charge in [0.05, 0.1) is 11.2 Å². The lowest BCUT2D eigenvalue weighted by Gasteiger charge is -2.44. The van der Waals surface area contributed by atoms with Gasteiger partial charge in [-0.15, -0.1) is 0 Å². The second kappa shape index (κ2) is 13.6. The molecule has 1 N–H and O–H groups in total. The molecule has 0 saturated carbocycles. The quantitative estimate of drug-likeness (QED) is 0.271. The molecule has 0 spiro atoms. The van der Waals surface area contributed by atoms with E-state index in [0.717, 1.165) is 6.42 Å². The number of aliphatic carboxylic acids is 1. The second-order valence-corrected chi connectivity index (χ2v) is 10.2. The van der Waals surface area contributed by atoms with Gasteiger partial charge in [0.2, 0.25) is 0 Å². The molecule has 1 aromatic rings. The molecule has 1 atom stereocenters. The molecule has 2 rings (SSSR count). The van der Waals surface area contributed by atoms with E-state index in [1.165, 1.54) is 57.8 Å². The molecule has 0 aliphatic heterocycles. The Balaban J connectivity index is 1.90. The van der Waals surface area contributed by atoms with E-state index in [9.17, 15) is 9.90 Å². The Morgan fingerprint density at radius 3 is 2.06 bits per heavy atom. The third-order valence-electron chi connectivity index (χ3n) is 6.58. The maximum absolute atomic E-state index is 11.8. The summed E-state index contributed by atoms with van der Waals surface area (Å²) in [6.45, 7) is 9.35. The summed E-state index contributed by atoms with van der Waals surface area (Å²) in [6.07, 6.45) is 16.9. The third-order valence-corrected chi connectivity index (χ3v) is 6.58. The average molecular weight is 457 g/mol. The average Bonchev–Trinajstić information content (AvgIpc) is 2.77. The Morgan fingerprint density at radius 1 is 0.939 bits per heavy atom. The van der Waals surface area contributed by atoms with E-state index in [1.807, 2.05) is 36.4 Å². The van der Waals surface area contributed by atoms with Crippen molar-refractivity contribution in [2.75, 3.05) is 6.61 Å². The number of benzene rings is 1. The number of hydrogen-bond acceptors (Lipinski definition) is 3. The number of carbonyl (C=O) groups is 1. The number of carboxylic acids is 1. The number of hydrogen-bond donors (Lipinski definition) is 1. The van der Waals surface area contributed by atoms with Gasteiger partial charge < -0.3 is 14.6 Å². The molecule has 0 bridgehead atoms. The van der Waals surface area contributed by atoms with E-state index >= 15 is 0 Å². The number of carboxylic acid groups (broad SMARTS) is 1. The molecule has 0 radical (unpaired) electrons. The highest BCUT2D eigenvalue weighted by molar-refractivity contribution is 5.91. The first kappa shape index (κ1) is 27.2. The first-order chi connectivity index (χ1) is 15.8. The molecular formula is C29H44O4. The first-order valence-corrected chi connectivity index (χ1v) is 12.8. The molecule has 1 unspecified atom stereocenters. The monoisotopic (exact) mass is 456 g/mol. The van der Waals surface area contributed by atoms with Crippen LogP contribution in [0.25, 0.3) is 0 Å². The second-order valence-electron chi connectivity index (χ2n) is 10.2. The van der Waals surface area contributed by atoms with Crippen LogP contribution in [0.15, 0.2) is 53.8 Å². The van der Waals surface area contributed by atoms with Gasteiger partial charge in [-0.05, 0) is 30.0 Å². The molecule has 4 heteroatoms. The molecule has 0 heterocycles. The van der Waals surface area contributed by atoms with Crippen molar-refractivity contribution in [3.05, 3.63) is 53.8 Å². The van der Waals surface area contributed by atoms with Gasteiger partial charge in [0.25, 0.3) is 0 Å². The van der Waals surface area contributed by atoms with E-state index in [2.05, 4.69) is 27.7 Å². The minimum atomic E-state index is -0.977. The lowest BCUT2D eigenvalue weighted by atomic mass is 9.71. The van der Waals surface area contributed by atoms with Crippen molar-refractivity contribution in [1.29, 1.82) is 0 Å². The zero-order valence-electron chi connectivity index (χ0n) is 21.2. The van der Waals surface area contributed by atoms with Crippen molar-refractivity contribution in [2.45, 2.75) is 104 Å². The van der Waals surface area contributed by atoms with Crippen LogP contribution in [0.5, 0.6) is 5.75 Å². The van der Waals surface area contributed by atoms with Gasteiger partial charge in [-0.25, -0.2) is 4.79 Å². The number of para-hydroxylation sites is 1. The van der Waals surface area contributed by atoms with Crippen molar-refractivity contribution < 1.29 is 19.4 Å². The van der Waals surface area contributed by atoms with Crippen LogP contribution in [-0.2, 0) is 9.53 Å². The fourth-order valence-corrected chi connectivity index (χ4v) is 4.29. The zero-order chi connectivity index (χ0) is 24.2. The van der Waals surface area contributed by atoms with Gasteiger partial charge in [0.1, 0.15) is 11.5 Å². The molecule has 1 aromatic carbocycles. The van der Waals surface area contributed by atoms with Crippen LogP contribution in [0.4, 0.5) is 0 Å². The predicted molar refractivity (Wildman–Crippen MR) is 135 cm³/mol. The Bertz CT molecular complexity index is 773. The fraction of sp³-hybridized carbons (Fsp3) is 0.621. The standard InChI is InChI=1S/C29H44O4/c1-5-6-7-8-9-10-11-12-13-17-22-32-29(28(2,3)4)21-20-25(27(30)31)26(23-29)33-24-18-15-14-16-19-24/h14-16,18-21H,5-13,17,22-23H2,1-4H3,(H,30,31). The fourth-order valence-electron chi connectivity index (χ4n) is 4.29. The van der Waals surface area contributed by atoms with E-state index in [-0.39, 0.29) is 11.0 Å². The number of ether oxygens (including phenoxy) is 2. The summed E-state index contributed by atoms with van der Waals surface area (Å²) in [6, 6.07) is 9.36. The molecule has 33 heavy (non-hydrogen) atoms. The molecule has 0 amide bonds. The maximum Gasteiger partial charge on any atom is 0.339 e. The summed E-state index contributed by atoms with van der Waals surface area (Å²) in [4.78, 5) is 11.8. The lowest BCUT2D eigenvalue weighted by molar-refractivity contribution is -0.132. The van der Waals surface area contributed by atoms with Gasteiger partial charge in [-0.1, -0.05) is 110 Å². The van der Waals surface area contributed by atoms with Crippen LogP contribution in [0, 0.1) is 5.41 Å². The van der Waals surface area contributed by atoms with Gasteiger partial charge in [-0.2, -0.15) is 0 Å². The van der Waals surface area contributed by atoms with Crippen molar-refractivity contribution in [3.8, 4) is 5.75 Å². The SMILES string of the molecule is CCCCCCCCCCCCOC1(C(C)(C)C)C=CC(C(=O)O)=C(Oc2ccccc2)C1. The third kappa shape index (κ3) is 8.66. The summed E-state index contributed by atoms with van der Waals surface area (Å²) in [5, 5.41) is 9.71. The summed E-state index contributed by atoms with van der Waals surface area (Å²) in [7, 11) is 0. The van der Waals surface area contributed by atoms with Crippen LogP contribution in [0.1, 0.15) is 98.3 Å². The minimum absolute atomic E-state index is 0.196. The van der Waals surface area contributed by atoms with Gasteiger partial charge in [0, 0.05) is 13.0 Å². The van der Waals surface area contributed by atoms with Crippen LogP contribution in [-0.4, -0.2) is 23.3 Å². The van der Waals surface area contributed by atoms with Gasteiger partial charge in [-0.3, -0.25) is 0 Å². The van der Waals surface area contributed by atoms with Crippen LogP contribution < -0.4 is 4.74 Å². The van der Waals surface area contributed by atoms with Crippen LogP contribution in [0.2, 0.25) is 0 Å². The van der Waals surface area contributed by atoms with Gasteiger partial charge in [0.15, 0.2) is 0 Å². The van der Waals surface area contributed by atoms with Crippen molar-refractivity contribution in [1.82, 2.24) is 0 Å². The predicted octanol–water partition coefficient (Wildman–Crippen LogP) is 8.09. The van der Waals surface area contributed by atoms with Crippen LogP contribution in [0.3, 0.4) is 0 Å². The summed E-state index contributed by atoms with van der Waals surface area (Å²) >= 11 is 0. The zero-order valence-corrected chi connectivity index (χ0v) is 21.2. The Hall–Kier alpha value is -2.07. The normalized spacial score (nSPS) is 18.5. The minimum Gasteiger partial charge on any atom is -0.478 e. The smallest absolute Gasteiger partial charge is 0.339 e. The van der Waals surface area contributed by atoms with Crippen LogP contribution >= 0.6 is 0 Å². The molecule has 184 valence electrons. The number of rotatable bonds is 15. The molecule has 0 saturated heterocycles. The highest BCUT2D eigenvalue weighted by Gasteiger charge is 2.45. The molecule has 1 aliphatic carbocycles. The van der Waals surface area contributed by atoms with Crippen molar-refractivity contribution in [2.24, 2.45) is 5.41 Å². The topological polar surface area (TPSA) is 55.8 Å². The largest absolute Gasteiger partial charge is 0.478 e. The van der Waals surface area contributed by atoms with Gasteiger partial charge >= 0.3 is 5.97 Å². The first-order valence-electron chi connectivity index (χ1n) is 12.8. The van der Waals surface area contributed by atoms with E-state index in [1.54, 1.807) is 6.08 Å². The Morgan fingerprint density at radius 2 is 1.52 bits per heavy atom. The van der Waals surface area contributed by atoms with E-state index in [4.69, 9.17) is 9.47 Å². The number of unbranched alkanes of at least 4 members (excludes halogenated alkanes) is 9. The summed E-state index contributed by atoms with van der Waals surface area (Å²) < 4.78 is 12.6. The Labute approximate surface area is 201 Å². The van der Waals surface area contributed by atoms with E-state index in [0.29, 0.717) is 24.5 Å². The molecule has 0 aromatic heterocycles. The highest BCUT2D eigenvalue weighted by atomic mass is 16.5. The summed E-state index contributed by atoms with van der Waals surface area (Å²) in [5.41, 5.74) is -0.617. The maximum atomic E-state index is 11.8. The summed E-state index contributed by atoms with van der Waals surface area (Å²) in [5.74, 6) is 0.114. The molecular weight excluding hydrogens is 412 g/mol. The lowest BCUT2D eigenvalue weighted by Crippen LogP contribution is -2.46. The molecule has 0 fully saturated rings. The highest BCUT2D eigenvalue weighted by Crippen LogP contribution is 2.44. The van der Waals surface area contributed by atoms with Crippen molar-refractivity contribution in [3.63, 3.8) is 0 Å². The molecule has 4 nitrogen and oxygen atoms in total. The Kier molecular flexibility index (Phi) is 11.2.